The van der Waals surface area contributed by atoms with Gasteiger partial charge in [-0.2, -0.15) is 0 Å². The van der Waals surface area contributed by atoms with E-state index >= 15 is 0 Å². The van der Waals surface area contributed by atoms with Gasteiger partial charge in [0, 0.05) is 17.8 Å². The number of benzene rings is 1. The number of rotatable bonds is 5. The summed E-state index contributed by atoms with van der Waals surface area (Å²) in [5.41, 5.74) is 1.15. The molecule has 116 valence electrons. The van der Waals surface area contributed by atoms with Gasteiger partial charge in [-0.15, -0.1) is 0 Å². The van der Waals surface area contributed by atoms with E-state index in [1.54, 1.807) is 24.3 Å². The highest BCUT2D eigenvalue weighted by Gasteiger charge is 2.16. The van der Waals surface area contributed by atoms with Gasteiger partial charge in [-0.3, -0.25) is 9.52 Å². The van der Waals surface area contributed by atoms with Crippen LogP contribution in [0.2, 0.25) is 0 Å². The average Bonchev–Trinajstić information content (AvgIpc) is 2.40. The molecule has 0 spiro atoms. The summed E-state index contributed by atoms with van der Waals surface area (Å²) < 4.78 is 24.6. The van der Waals surface area contributed by atoms with Crippen LogP contribution in [-0.2, 0) is 14.8 Å². The SMILES string of the molecule is CS(=O)(=O)Nc1ccc(NC(=O)CC2CCCNC2)cc1. The third-order valence-electron chi connectivity index (χ3n) is 3.34. The number of anilines is 2. The largest absolute Gasteiger partial charge is 0.326 e. The molecular formula is C14H21N3O3S. The first-order chi connectivity index (χ1) is 9.92. The molecule has 0 saturated carbocycles. The van der Waals surface area contributed by atoms with Crippen LogP contribution in [0.4, 0.5) is 11.4 Å². The highest BCUT2D eigenvalue weighted by molar-refractivity contribution is 7.92. The van der Waals surface area contributed by atoms with Crippen LogP contribution in [-0.4, -0.2) is 33.7 Å². The maximum Gasteiger partial charge on any atom is 0.229 e. The van der Waals surface area contributed by atoms with Crippen molar-refractivity contribution in [3.63, 3.8) is 0 Å². The fourth-order valence-electron chi connectivity index (χ4n) is 2.41. The fourth-order valence-corrected chi connectivity index (χ4v) is 2.97. The molecule has 6 nitrogen and oxygen atoms in total. The first kappa shape index (κ1) is 15.8. The molecule has 0 aliphatic carbocycles. The normalized spacial score (nSPS) is 19.0. The third-order valence-corrected chi connectivity index (χ3v) is 3.95. The molecule has 1 aromatic rings. The number of amides is 1. The zero-order valence-electron chi connectivity index (χ0n) is 12.1. The van der Waals surface area contributed by atoms with E-state index < -0.39 is 10.0 Å². The van der Waals surface area contributed by atoms with E-state index in [1.807, 2.05) is 0 Å². The molecule has 1 aliphatic rings. The molecule has 1 fully saturated rings. The second-order valence-electron chi connectivity index (χ2n) is 5.42. The predicted octanol–water partition coefficient (Wildman–Crippen LogP) is 1.39. The van der Waals surface area contributed by atoms with Crippen LogP contribution >= 0.6 is 0 Å². The second kappa shape index (κ2) is 6.91. The number of sulfonamides is 1. The average molecular weight is 311 g/mol. The Labute approximate surface area is 125 Å². The van der Waals surface area contributed by atoms with Crippen LogP contribution in [0.25, 0.3) is 0 Å². The van der Waals surface area contributed by atoms with E-state index in [1.165, 1.54) is 0 Å². The molecule has 1 amide bonds. The van der Waals surface area contributed by atoms with Gasteiger partial charge >= 0.3 is 0 Å². The highest BCUT2D eigenvalue weighted by Crippen LogP contribution is 2.17. The van der Waals surface area contributed by atoms with Crippen molar-refractivity contribution in [2.24, 2.45) is 5.92 Å². The smallest absolute Gasteiger partial charge is 0.229 e. The molecule has 2 rings (SSSR count). The van der Waals surface area contributed by atoms with Crippen molar-refractivity contribution in [3.8, 4) is 0 Å². The van der Waals surface area contributed by atoms with Gasteiger partial charge in [-0.05, 0) is 56.1 Å². The summed E-state index contributed by atoms with van der Waals surface area (Å²) in [6.45, 7) is 1.93. The number of carbonyl (C=O) groups is 1. The molecule has 3 N–H and O–H groups in total. The molecule has 0 bridgehead atoms. The zero-order chi connectivity index (χ0) is 15.3. The van der Waals surface area contributed by atoms with Crippen molar-refractivity contribution < 1.29 is 13.2 Å². The fraction of sp³-hybridized carbons (Fsp3) is 0.500. The molecule has 1 saturated heterocycles. The monoisotopic (exact) mass is 311 g/mol. The minimum absolute atomic E-state index is 0.00692. The minimum atomic E-state index is -3.28. The van der Waals surface area contributed by atoms with Gasteiger partial charge in [0.25, 0.3) is 0 Å². The molecule has 1 heterocycles. The zero-order valence-corrected chi connectivity index (χ0v) is 12.9. The van der Waals surface area contributed by atoms with Crippen LogP contribution in [0.15, 0.2) is 24.3 Å². The van der Waals surface area contributed by atoms with Gasteiger partial charge in [0.2, 0.25) is 15.9 Å². The summed E-state index contributed by atoms with van der Waals surface area (Å²) >= 11 is 0. The molecule has 0 radical (unpaired) electrons. The van der Waals surface area contributed by atoms with Gasteiger partial charge in [0.1, 0.15) is 0 Å². The van der Waals surface area contributed by atoms with Crippen molar-refractivity contribution in [2.45, 2.75) is 19.3 Å². The third kappa shape index (κ3) is 5.73. The molecule has 0 aromatic heterocycles. The summed E-state index contributed by atoms with van der Waals surface area (Å²) in [5.74, 6) is 0.387. The van der Waals surface area contributed by atoms with Gasteiger partial charge in [-0.1, -0.05) is 0 Å². The van der Waals surface area contributed by atoms with E-state index in [9.17, 15) is 13.2 Å². The first-order valence-corrected chi connectivity index (χ1v) is 8.90. The van der Waals surface area contributed by atoms with E-state index in [0.717, 1.165) is 32.2 Å². The van der Waals surface area contributed by atoms with Crippen LogP contribution < -0.4 is 15.4 Å². The van der Waals surface area contributed by atoms with E-state index in [2.05, 4.69) is 15.4 Å². The summed E-state index contributed by atoms with van der Waals surface area (Å²) in [4.78, 5) is 11.9. The minimum Gasteiger partial charge on any atom is -0.326 e. The Balaban J connectivity index is 1.86. The Bertz CT molecular complexity index is 578. The maximum absolute atomic E-state index is 11.9. The Hall–Kier alpha value is -1.60. The maximum atomic E-state index is 11.9. The summed E-state index contributed by atoms with van der Waals surface area (Å²) in [6.07, 6.45) is 3.80. The van der Waals surface area contributed by atoms with E-state index in [-0.39, 0.29) is 5.91 Å². The molecular weight excluding hydrogens is 290 g/mol. The summed E-state index contributed by atoms with van der Waals surface area (Å²) in [7, 11) is -3.28. The Morgan fingerprint density at radius 1 is 1.29 bits per heavy atom. The highest BCUT2D eigenvalue weighted by atomic mass is 32.2. The Morgan fingerprint density at radius 3 is 2.52 bits per heavy atom. The van der Waals surface area contributed by atoms with Crippen molar-refractivity contribution in [2.75, 3.05) is 29.4 Å². The van der Waals surface area contributed by atoms with Gasteiger partial charge in [0.15, 0.2) is 0 Å². The van der Waals surface area contributed by atoms with Crippen LogP contribution in [0.1, 0.15) is 19.3 Å². The first-order valence-electron chi connectivity index (χ1n) is 7.01. The molecule has 1 aliphatic heterocycles. The van der Waals surface area contributed by atoms with Gasteiger partial charge in [-0.25, -0.2) is 8.42 Å². The molecule has 7 heteroatoms. The Kier molecular flexibility index (Phi) is 5.19. The predicted molar refractivity (Wildman–Crippen MR) is 83.7 cm³/mol. The lowest BCUT2D eigenvalue weighted by molar-refractivity contribution is -0.117. The summed E-state index contributed by atoms with van der Waals surface area (Å²) in [5, 5.41) is 6.12. The number of carbonyl (C=O) groups excluding carboxylic acids is 1. The molecule has 1 unspecified atom stereocenters. The molecule has 21 heavy (non-hydrogen) atoms. The Morgan fingerprint density at radius 2 is 1.95 bits per heavy atom. The quantitative estimate of drug-likeness (QED) is 0.767. The van der Waals surface area contributed by atoms with Gasteiger partial charge in [0.05, 0.1) is 6.26 Å². The van der Waals surface area contributed by atoms with Crippen LogP contribution in [0.5, 0.6) is 0 Å². The van der Waals surface area contributed by atoms with Crippen molar-refractivity contribution in [1.82, 2.24) is 5.32 Å². The lowest BCUT2D eigenvalue weighted by Gasteiger charge is -2.22. The van der Waals surface area contributed by atoms with Gasteiger partial charge < -0.3 is 10.6 Å². The molecule has 1 aromatic carbocycles. The van der Waals surface area contributed by atoms with Crippen LogP contribution in [0.3, 0.4) is 0 Å². The van der Waals surface area contributed by atoms with Crippen molar-refractivity contribution >= 4 is 27.3 Å². The summed E-state index contributed by atoms with van der Waals surface area (Å²) in [6, 6.07) is 6.62. The second-order valence-corrected chi connectivity index (χ2v) is 7.16. The number of nitrogens with one attached hydrogen (secondary N) is 3. The molecule has 1 atom stereocenters. The topological polar surface area (TPSA) is 87.3 Å². The lowest BCUT2D eigenvalue weighted by atomic mass is 9.96. The van der Waals surface area contributed by atoms with Crippen LogP contribution in [0, 0.1) is 5.92 Å². The number of hydrogen-bond acceptors (Lipinski definition) is 4. The van der Waals surface area contributed by atoms with E-state index in [0.29, 0.717) is 23.7 Å². The van der Waals surface area contributed by atoms with Crippen molar-refractivity contribution in [1.29, 1.82) is 0 Å². The standard InChI is InChI=1S/C14H21N3O3S/c1-21(19,20)17-13-6-4-12(5-7-13)16-14(18)9-11-3-2-8-15-10-11/h4-7,11,15,17H,2-3,8-10H2,1H3,(H,16,18). The number of piperidine rings is 1. The lowest BCUT2D eigenvalue weighted by Crippen LogP contribution is -2.32. The van der Waals surface area contributed by atoms with Crippen molar-refractivity contribution in [3.05, 3.63) is 24.3 Å². The van der Waals surface area contributed by atoms with E-state index in [4.69, 9.17) is 0 Å². The number of hydrogen-bond donors (Lipinski definition) is 3.